The van der Waals surface area contributed by atoms with Crippen LogP contribution in [-0.4, -0.2) is 6.04 Å². The number of rotatable bonds is 1. The highest BCUT2D eigenvalue weighted by molar-refractivity contribution is 5.81. The Balaban J connectivity index is 2.42. The van der Waals surface area contributed by atoms with E-state index >= 15 is 0 Å². The molecule has 0 saturated carbocycles. The lowest BCUT2D eigenvalue weighted by Gasteiger charge is -2.19. The van der Waals surface area contributed by atoms with Crippen molar-refractivity contribution in [1.82, 2.24) is 0 Å². The van der Waals surface area contributed by atoms with Crippen LogP contribution in [0, 0.1) is 6.92 Å². The smallest absolute Gasteiger partial charge is 0.0317 e. The van der Waals surface area contributed by atoms with Gasteiger partial charge in [0.2, 0.25) is 0 Å². The second-order valence-electron chi connectivity index (χ2n) is 4.44. The van der Waals surface area contributed by atoms with E-state index in [0.717, 1.165) is 12.1 Å². The summed E-state index contributed by atoms with van der Waals surface area (Å²) < 4.78 is 0. The Kier molecular flexibility index (Phi) is 2.84. The van der Waals surface area contributed by atoms with Crippen LogP contribution in [0.2, 0.25) is 0 Å². The van der Waals surface area contributed by atoms with Crippen molar-refractivity contribution >= 4 is 11.3 Å². The van der Waals surface area contributed by atoms with Gasteiger partial charge in [-0.2, -0.15) is 0 Å². The monoisotopic (exact) mass is 214 g/mol. The quantitative estimate of drug-likeness (QED) is 0.706. The average Bonchev–Trinajstić information content (AvgIpc) is 2.19. The molecule has 1 aliphatic rings. The third-order valence-electron chi connectivity index (χ3n) is 3.02. The predicted molar refractivity (Wildman–Crippen MR) is 69.9 cm³/mol. The minimum Gasteiger partial charge on any atom is -0.399 e. The van der Waals surface area contributed by atoms with Crippen LogP contribution in [0.4, 0.5) is 5.69 Å². The van der Waals surface area contributed by atoms with Crippen LogP contribution in [0.1, 0.15) is 24.5 Å². The average molecular weight is 214 g/mol. The molecule has 0 bridgehead atoms. The van der Waals surface area contributed by atoms with Crippen LogP contribution in [0.5, 0.6) is 0 Å². The molecular weight excluding hydrogens is 196 g/mol. The zero-order valence-electron chi connectivity index (χ0n) is 9.83. The molecule has 0 aliphatic heterocycles. The highest BCUT2D eigenvalue weighted by Gasteiger charge is 2.12. The van der Waals surface area contributed by atoms with Gasteiger partial charge in [0.15, 0.2) is 0 Å². The van der Waals surface area contributed by atoms with E-state index in [1.54, 1.807) is 0 Å². The number of hydrogen-bond acceptors (Lipinski definition) is 2. The highest BCUT2D eigenvalue weighted by atomic mass is 14.6. The first-order chi connectivity index (χ1) is 7.58. The molecular formula is C14H18N2. The van der Waals surface area contributed by atoms with E-state index in [-0.39, 0.29) is 6.04 Å². The van der Waals surface area contributed by atoms with Crippen molar-refractivity contribution in [3.63, 3.8) is 0 Å². The molecule has 0 saturated heterocycles. The van der Waals surface area contributed by atoms with E-state index in [1.807, 2.05) is 12.1 Å². The summed E-state index contributed by atoms with van der Waals surface area (Å²) in [6.07, 6.45) is 5.26. The Morgan fingerprint density at radius 1 is 1.25 bits per heavy atom. The van der Waals surface area contributed by atoms with Crippen molar-refractivity contribution in [2.45, 2.75) is 26.3 Å². The molecule has 0 spiro atoms. The van der Waals surface area contributed by atoms with Crippen LogP contribution < -0.4 is 11.5 Å². The Labute approximate surface area is 96.6 Å². The maximum atomic E-state index is 5.89. The molecule has 1 atom stereocenters. The van der Waals surface area contributed by atoms with Crippen molar-refractivity contribution in [1.29, 1.82) is 0 Å². The largest absolute Gasteiger partial charge is 0.399 e. The normalized spacial score (nSPS) is 20.3. The van der Waals surface area contributed by atoms with Gasteiger partial charge in [-0.05, 0) is 54.7 Å². The fraction of sp³-hybridized carbons (Fsp3) is 0.286. The van der Waals surface area contributed by atoms with Gasteiger partial charge in [0.25, 0.3) is 0 Å². The van der Waals surface area contributed by atoms with Gasteiger partial charge >= 0.3 is 0 Å². The molecule has 0 aromatic heterocycles. The summed E-state index contributed by atoms with van der Waals surface area (Å²) in [5, 5.41) is 0. The second-order valence-corrected chi connectivity index (χ2v) is 4.44. The molecule has 16 heavy (non-hydrogen) atoms. The number of nitrogens with two attached hydrogens (primary N) is 2. The fourth-order valence-corrected chi connectivity index (χ4v) is 2.21. The Morgan fingerprint density at radius 3 is 2.62 bits per heavy atom. The third kappa shape index (κ3) is 2.02. The topological polar surface area (TPSA) is 52.0 Å². The number of nitrogen functional groups attached to an aromatic ring is 1. The fourth-order valence-electron chi connectivity index (χ4n) is 2.21. The molecule has 2 heteroatoms. The van der Waals surface area contributed by atoms with Gasteiger partial charge in [0.05, 0.1) is 0 Å². The summed E-state index contributed by atoms with van der Waals surface area (Å²) in [4.78, 5) is 0. The molecule has 1 aromatic rings. The van der Waals surface area contributed by atoms with Gasteiger partial charge in [-0.3, -0.25) is 0 Å². The van der Waals surface area contributed by atoms with Crippen LogP contribution >= 0.6 is 0 Å². The molecule has 0 heterocycles. The molecule has 4 N–H and O–H groups in total. The zero-order chi connectivity index (χ0) is 11.7. The van der Waals surface area contributed by atoms with Crippen molar-refractivity contribution in [3.05, 3.63) is 47.1 Å². The van der Waals surface area contributed by atoms with E-state index in [1.165, 1.54) is 22.3 Å². The maximum Gasteiger partial charge on any atom is 0.0317 e. The summed E-state index contributed by atoms with van der Waals surface area (Å²) >= 11 is 0. The van der Waals surface area contributed by atoms with Crippen molar-refractivity contribution in [2.24, 2.45) is 5.73 Å². The lowest BCUT2D eigenvalue weighted by Crippen LogP contribution is -2.19. The zero-order valence-corrected chi connectivity index (χ0v) is 9.83. The van der Waals surface area contributed by atoms with E-state index < -0.39 is 0 Å². The molecule has 84 valence electrons. The summed E-state index contributed by atoms with van der Waals surface area (Å²) in [5.41, 5.74) is 17.5. The summed E-state index contributed by atoms with van der Waals surface area (Å²) in [7, 11) is 0. The van der Waals surface area contributed by atoms with Gasteiger partial charge in [-0.1, -0.05) is 18.2 Å². The first-order valence-electron chi connectivity index (χ1n) is 5.59. The van der Waals surface area contributed by atoms with Crippen molar-refractivity contribution in [3.8, 4) is 0 Å². The van der Waals surface area contributed by atoms with Crippen molar-refractivity contribution < 1.29 is 0 Å². The number of allylic oxidation sites excluding steroid dienone is 2. The van der Waals surface area contributed by atoms with Crippen LogP contribution in [0.25, 0.3) is 5.57 Å². The minimum absolute atomic E-state index is 0.165. The third-order valence-corrected chi connectivity index (χ3v) is 3.02. The predicted octanol–water partition coefficient (Wildman–Crippen LogP) is 2.64. The lowest BCUT2D eigenvalue weighted by atomic mass is 9.89. The van der Waals surface area contributed by atoms with Gasteiger partial charge in [0, 0.05) is 11.7 Å². The molecule has 2 nitrogen and oxygen atoms in total. The van der Waals surface area contributed by atoms with Crippen LogP contribution in [0.15, 0.2) is 35.9 Å². The van der Waals surface area contributed by atoms with Crippen molar-refractivity contribution in [2.75, 3.05) is 5.73 Å². The first kappa shape index (κ1) is 11.0. The number of aryl methyl sites for hydroxylation is 1. The molecule has 0 amide bonds. The van der Waals surface area contributed by atoms with E-state index in [9.17, 15) is 0 Å². The first-order valence-corrected chi connectivity index (χ1v) is 5.59. The summed E-state index contributed by atoms with van der Waals surface area (Å²) in [6.45, 7) is 4.20. The second kappa shape index (κ2) is 4.14. The number of benzene rings is 1. The number of anilines is 1. The summed E-state index contributed by atoms with van der Waals surface area (Å²) in [6, 6.07) is 6.21. The molecule has 0 radical (unpaired) electrons. The molecule has 1 aromatic carbocycles. The van der Waals surface area contributed by atoms with E-state index in [2.05, 4.69) is 32.1 Å². The molecule has 1 unspecified atom stereocenters. The van der Waals surface area contributed by atoms with E-state index in [4.69, 9.17) is 11.5 Å². The van der Waals surface area contributed by atoms with E-state index in [0.29, 0.717) is 0 Å². The van der Waals surface area contributed by atoms with Gasteiger partial charge in [-0.15, -0.1) is 0 Å². The van der Waals surface area contributed by atoms with Crippen LogP contribution in [-0.2, 0) is 0 Å². The highest BCUT2D eigenvalue weighted by Crippen LogP contribution is 2.30. The SMILES string of the molecule is CC1=CC(N)CC=C1c1ccc(N)cc1C. The molecule has 1 aliphatic carbocycles. The lowest BCUT2D eigenvalue weighted by molar-refractivity contribution is 0.820. The number of hydrogen-bond donors (Lipinski definition) is 2. The minimum atomic E-state index is 0.165. The van der Waals surface area contributed by atoms with Gasteiger partial charge in [-0.25, -0.2) is 0 Å². The standard InChI is InChI=1S/C14H18N2/c1-9-7-11(15)3-5-13(9)14-6-4-12(16)8-10(14)2/h3,5-8,12H,4,15-16H2,1-2H3. The van der Waals surface area contributed by atoms with Gasteiger partial charge < -0.3 is 11.5 Å². The summed E-state index contributed by atoms with van der Waals surface area (Å²) in [5.74, 6) is 0. The Hall–Kier alpha value is -1.54. The maximum absolute atomic E-state index is 5.89. The van der Waals surface area contributed by atoms with Crippen LogP contribution in [0.3, 0.4) is 0 Å². The Morgan fingerprint density at radius 2 is 2.00 bits per heavy atom. The van der Waals surface area contributed by atoms with Gasteiger partial charge in [0.1, 0.15) is 0 Å². The molecule has 0 fully saturated rings. The molecule has 2 rings (SSSR count). The Bertz CT molecular complexity index is 470.